The molecule has 0 aromatic heterocycles. The number of Topliss-reactive ketones (excluding diaryl/α,β-unsaturated/α-hetero) is 1. The lowest BCUT2D eigenvalue weighted by Gasteiger charge is -2.15. The zero-order valence-corrected chi connectivity index (χ0v) is 14.7. The molecule has 2 rings (SSSR count). The largest absolute Gasteiger partial charge is 0.488 e. The SMILES string of the molecule is CCOC(=O)c1cc(C(C)=O)c(CC(=O)O)cc1OCc1ccccc1. The summed E-state index contributed by atoms with van der Waals surface area (Å²) in [5, 5.41) is 9.09. The molecule has 0 saturated carbocycles. The quantitative estimate of drug-likeness (QED) is 0.577. The number of carboxylic acids is 1. The Bertz CT molecular complexity index is 811. The van der Waals surface area contributed by atoms with Crippen LogP contribution in [0.2, 0.25) is 0 Å². The third-order valence-electron chi connectivity index (χ3n) is 3.66. The van der Waals surface area contributed by atoms with Gasteiger partial charge in [0.05, 0.1) is 13.0 Å². The van der Waals surface area contributed by atoms with Crippen LogP contribution in [0.1, 0.15) is 45.7 Å². The Balaban J connectivity index is 2.45. The summed E-state index contributed by atoms with van der Waals surface area (Å²) in [5.41, 5.74) is 1.45. The van der Waals surface area contributed by atoms with Gasteiger partial charge >= 0.3 is 11.9 Å². The van der Waals surface area contributed by atoms with Gasteiger partial charge in [-0.2, -0.15) is 0 Å². The average Bonchev–Trinajstić information content (AvgIpc) is 2.60. The minimum atomic E-state index is -1.08. The number of esters is 1. The van der Waals surface area contributed by atoms with Gasteiger partial charge in [-0.15, -0.1) is 0 Å². The van der Waals surface area contributed by atoms with Gasteiger partial charge in [-0.05, 0) is 37.1 Å². The monoisotopic (exact) mass is 356 g/mol. The van der Waals surface area contributed by atoms with Gasteiger partial charge in [0.25, 0.3) is 0 Å². The standard InChI is InChI=1S/C20H20O6/c1-3-25-20(24)17-11-16(13(2)21)15(10-19(22)23)9-18(17)26-12-14-7-5-4-6-8-14/h4-9,11H,3,10,12H2,1-2H3,(H,22,23). The summed E-state index contributed by atoms with van der Waals surface area (Å²) in [6.45, 7) is 3.36. The second-order valence-corrected chi connectivity index (χ2v) is 5.63. The van der Waals surface area contributed by atoms with Crippen LogP contribution in [0.3, 0.4) is 0 Å². The van der Waals surface area contributed by atoms with Crippen molar-refractivity contribution in [1.29, 1.82) is 0 Å². The fourth-order valence-corrected chi connectivity index (χ4v) is 2.48. The number of rotatable bonds is 8. The van der Waals surface area contributed by atoms with Crippen LogP contribution in [0.25, 0.3) is 0 Å². The first-order valence-corrected chi connectivity index (χ1v) is 8.15. The molecule has 136 valence electrons. The molecule has 0 fully saturated rings. The van der Waals surface area contributed by atoms with E-state index in [9.17, 15) is 14.4 Å². The summed E-state index contributed by atoms with van der Waals surface area (Å²) < 4.78 is 10.8. The molecule has 2 aromatic carbocycles. The number of aliphatic carboxylic acids is 1. The van der Waals surface area contributed by atoms with Gasteiger partial charge in [0, 0.05) is 5.56 Å². The van der Waals surface area contributed by atoms with Crippen molar-refractivity contribution in [3.8, 4) is 5.75 Å². The van der Waals surface area contributed by atoms with E-state index in [1.807, 2.05) is 30.3 Å². The van der Waals surface area contributed by atoms with Crippen LogP contribution >= 0.6 is 0 Å². The third-order valence-corrected chi connectivity index (χ3v) is 3.66. The highest BCUT2D eigenvalue weighted by molar-refractivity contribution is 6.01. The van der Waals surface area contributed by atoms with Crippen LogP contribution in [0.15, 0.2) is 42.5 Å². The molecular formula is C20H20O6. The molecule has 0 unspecified atom stereocenters. The third kappa shape index (κ3) is 4.92. The lowest BCUT2D eigenvalue weighted by Crippen LogP contribution is -2.13. The van der Waals surface area contributed by atoms with E-state index in [0.717, 1.165) is 5.56 Å². The van der Waals surface area contributed by atoms with Crippen LogP contribution in [-0.4, -0.2) is 29.4 Å². The molecule has 0 spiro atoms. The van der Waals surface area contributed by atoms with Crippen LogP contribution in [0, 0.1) is 0 Å². The number of hydrogen-bond donors (Lipinski definition) is 1. The second kappa shape index (κ2) is 8.80. The molecule has 0 heterocycles. The maximum atomic E-state index is 12.3. The number of carboxylic acid groups (broad SMARTS) is 1. The molecule has 0 bridgehead atoms. The van der Waals surface area contributed by atoms with Crippen LogP contribution in [0.4, 0.5) is 0 Å². The minimum Gasteiger partial charge on any atom is -0.488 e. The maximum absolute atomic E-state index is 12.3. The molecule has 0 amide bonds. The van der Waals surface area contributed by atoms with Gasteiger partial charge in [-0.3, -0.25) is 9.59 Å². The van der Waals surface area contributed by atoms with Gasteiger partial charge in [-0.1, -0.05) is 30.3 Å². The summed E-state index contributed by atoms with van der Waals surface area (Å²) >= 11 is 0. The molecule has 0 atom stereocenters. The number of carbonyl (C=O) groups is 3. The van der Waals surface area contributed by atoms with Crippen molar-refractivity contribution in [2.75, 3.05) is 6.61 Å². The fourth-order valence-electron chi connectivity index (χ4n) is 2.48. The zero-order valence-electron chi connectivity index (χ0n) is 14.7. The highest BCUT2D eigenvalue weighted by atomic mass is 16.5. The van der Waals surface area contributed by atoms with Gasteiger partial charge in [0.15, 0.2) is 5.78 Å². The Hall–Kier alpha value is -3.15. The predicted octanol–water partition coefficient (Wildman–Crippen LogP) is 3.27. The molecule has 0 aliphatic rings. The topological polar surface area (TPSA) is 89.9 Å². The second-order valence-electron chi connectivity index (χ2n) is 5.63. The van der Waals surface area contributed by atoms with E-state index in [2.05, 4.69) is 0 Å². The minimum absolute atomic E-state index is 0.0992. The number of benzene rings is 2. The van der Waals surface area contributed by atoms with E-state index in [1.165, 1.54) is 19.1 Å². The molecule has 6 nitrogen and oxygen atoms in total. The van der Waals surface area contributed by atoms with Crippen molar-refractivity contribution >= 4 is 17.7 Å². The van der Waals surface area contributed by atoms with E-state index in [1.54, 1.807) is 6.92 Å². The van der Waals surface area contributed by atoms with Gasteiger partial charge in [0.1, 0.15) is 17.9 Å². The summed E-state index contributed by atoms with van der Waals surface area (Å²) in [7, 11) is 0. The Kier molecular flexibility index (Phi) is 6.49. The van der Waals surface area contributed by atoms with Crippen LogP contribution in [-0.2, 0) is 22.6 Å². The van der Waals surface area contributed by atoms with Crippen molar-refractivity contribution in [2.45, 2.75) is 26.9 Å². The fraction of sp³-hybridized carbons (Fsp3) is 0.250. The number of ketones is 1. The molecular weight excluding hydrogens is 336 g/mol. The maximum Gasteiger partial charge on any atom is 0.341 e. The smallest absolute Gasteiger partial charge is 0.341 e. The van der Waals surface area contributed by atoms with Gasteiger partial charge in [-0.25, -0.2) is 4.79 Å². The average molecular weight is 356 g/mol. The van der Waals surface area contributed by atoms with Crippen LogP contribution in [0.5, 0.6) is 5.75 Å². The van der Waals surface area contributed by atoms with Crippen molar-refractivity contribution in [1.82, 2.24) is 0 Å². The van der Waals surface area contributed by atoms with E-state index < -0.39 is 11.9 Å². The van der Waals surface area contributed by atoms with Gasteiger partial charge in [0.2, 0.25) is 0 Å². The first-order chi connectivity index (χ1) is 12.4. The molecule has 2 aromatic rings. The van der Waals surface area contributed by atoms with Crippen molar-refractivity contribution in [2.24, 2.45) is 0 Å². The number of hydrogen-bond acceptors (Lipinski definition) is 5. The molecule has 0 aliphatic heterocycles. The normalized spacial score (nSPS) is 10.2. The lowest BCUT2D eigenvalue weighted by atomic mass is 9.97. The Morgan fingerprint density at radius 2 is 1.73 bits per heavy atom. The molecule has 1 N–H and O–H groups in total. The molecule has 0 aliphatic carbocycles. The molecule has 6 heteroatoms. The Morgan fingerprint density at radius 3 is 2.31 bits per heavy atom. The Labute approximate surface area is 151 Å². The van der Waals surface area contributed by atoms with Crippen molar-refractivity contribution in [3.63, 3.8) is 0 Å². The highest BCUT2D eigenvalue weighted by Gasteiger charge is 2.21. The van der Waals surface area contributed by atoms with Crippen LogP contribution < -0.4 is 4.74 Å². The summed E-state index contributed by atoms with van der Waals surface area (Å²) in [6, 6.07) is 12.1. The predicted molar refractivity (Wildman–Crippen MR) is 94.5 cm³/mol. The molecule has 26 heavy (non-hydrogen) atoms. The van der Waals surface area contributed by atoms with E-state index in [4.69, 9.17) is 14.6 Å². The molecule has 0 saturated heterocycles. The highest BCUT2D eigenvalue weighted by Crippen LogP contribution is 2.27. The Morgan fingerprint density at radius 1 is 1.04 bits per heavy atom. The summed E-state index contributed by atoms with van der Waals surface area (Å²) in [4.78, 5) is 35.3. The van der Waals surface area contributed by atoms with Gasteiger partial charge < -0.3 is 14.6 Å². The first kappa shape index (κ1) is 19.2. The summed E-state index contributed by atoms with van der Waals surface area (Å²) in [5.74, 6) is -1.85. The lowest BCUT2D eigenvalue weighted by molar-refractivity contribution is -0.136. The first-order valence-electron chi connectivity index (χ1n) is 8.15. The summed E-state index contributed by atoms with van der Waals surface area (Å²) in [6.07, 6.45) is -0.348. The van der Waals surface area contributed by atoms with Crippen molar-refractivity contribution in [3.05, 3.63) is 64.7 Å². The van der Waals surface area contributed by atoms with E-state index >= 15 is 0 Å². The molecule has 0 radical (unpaired) electrons. The van der Waals surface area contributed by atoms with E-state index in [0.29, 0.717) is 5.56 Å². The van der Waals surface area contributed by atoms with Crippen molar-refractivity contribution < 1.29 is 29.0 Å². The zero-order chi connectivity index (χ0) is 19.1. The number of carbonyl (C=O) groups excluding carboxylic acids is 2. The van der Waals surface area contributed by atoms with E-state index in [-0.39, 0.29) is 42.3 Å². The number of ether oxygens (including phenoxy) is 2.